The fourth-order valence-electron chi connectivity index (χ4n) is 1.93. The zero-order chi connectivity index (χ0) is 16.8. The Morgan fingerprint density at radius 1 is 1.13 bits per heavy atom. The first-order chi connectivity index (χ1) is 11.1. The Hall–Kier alpha value is -3.22. The number of carbonyl (C=O) groups excluding carboxylic acids is 1. The average molecular weight is 316 g/mol. The van der Waals surface area contributed by atoms with Gasteiger partial charge >= 0.3 is 0 Å². The predicted octanol–water partition coefficient (Wildman–Crippen LogP) is 1.88. The highest BCUT2D eigenvalue weighted by Crippen LogP contribution is 2.31. The summed E-state index contributed by atoms with van der Waals surface area (Å²) in [5, 5.41) is 23.0. The molecular weight excluding hydrogens is 300 g/mol. The van der Waals surface area contributed by atoms with Gasteiger partial charge in [-0.25, -0.2) is 5.43 Å². The second-order valence-electron chi connectivity index (χ2n) is 4.48. The Balaban J connectivity index is 2.21. The Morgan fingerprint density at radius 3 is 2.30 bits per heavy atom. The number of ether oxygens (including phenoxy) is 2. The van der Waals surface area contributed by atoms with E-state index in [9.17, 15) is 15.0 Å². The number of nitrogens with one attached hydrogen (secondary N) is 1. The highest BCUT2D eigenvalue weighted by Gasteiger charge is 2.12. The summed E-state index contributed by atoms with van der Waals surface area (Å²) < 4.78 is 10.3. The minimum Gasteiger partial charge on any atom is -0.508 e. The fraction of sp³-hybridized carbons (Fsp3) is 0.125. The van der Waals surface area contributed by atoms with Crippen molar-refractivity contribution < 1.29 is 24.5 Å². The van der Waals surface area contributed by atoms with Gasteiger partial charge in [-0.2, -0.15) is 5.10 Å². The number of phenolic OH excluding ortho intramolecular Hbond substituents is 2. The smallest absolute Gasteiger partial charge is 0.275 e. The third-order valence-electron chi connectivity index (χ3n) is 3.04. The molecule has 0 aromatic heterocycles. The van der Waals surface area contributed by atoms with E-state index in [-0.39, 0.29) is 17.1 Å². The third-order valence-corrected chi connectivity index (χ3v) is 3.04. The van der Waals surface area contributed by atoms with Gasteiger partial charge < -0.3 is 19.7 Å². The molecule has 0 saturated heterocycles. The highest BCUT2D eigenvalue weighted by atomic mass is 16.5. The molecule has 0 aliphatic heterocycles. The SMILES string of the molecule is COc1cc(O)cc(OC)c1/C=N/NC(=O)c1ccccc1O. The van der Waals surface area contributed by atoms with E-state index in [2.05, 4.69) is 10.5 Å². The van der Waals surface area contributed by atoms with Gasteiger partial charge in [-0.1, -0.05) is 12.1 Å². The summed E-state index contributed by atoms with van der Waals surface area (Å²) in [5.41, 5.74) is 2.86. The van der Waals surface area contributed by atoms with Gasteiger partial charge in [0.05, 0.1) is 31.6 Å². The molecule has 0 heterocycles. The molecule has 0 fully saturated rings. The molecule has 0 unspecified atom stereocenters. The lowest BCUT2D eigenvalue weighted by Gasteiger charge is -2.10. The Labute approximate surface area is 132 Å². The highest BCUT2D eigenvalue weighted by molar-refractivity contribution is 5.97. The van der Waals surface area contributed by atoms with Crippen LogP contribution in [0.4, 0.5) is 0 Å². The van der Waals surface area contributed by atoms with E-state index in [1.54, 1.807) is 12.1 Å². The van der Waals surface area contributed by atoms with Crippen molar-refractivity contribution >= 4 is 12.1 Å². The Bertz CT molecular complexity index is 718. The van der Waals surface area contributed by atoms with Gasteiger partial charge in [0.1, 0.15) is 23.0 Å². The molecule has 23 heavy (non-hydrogen) atoms. The summed E-state index contributed by atoms with van der Waals surface area (Å²) >= 11 is 0. The molecule has 0 atom stereocenters. The lowest BCUT2D eigenvalue weighted by atomic mass is 10.2. The number of benzene rings is 2. The normalized spacial score (nSPS) is 10.5. The molecule has 2 rings (SSSR count). The Morgan fingerprint density at radius 2 is 1.74 bits per heavy atom. The summed E-state index contributed by atoms with van der Waals surface area (Å²) in [6, 6.07) is 8.92. The van der Waals surface area contributed by atoms with Crippen molar-refractivity contribution in [2.45, 2.75) is 0 Å². The molecule has 0 radical (unpaired) electrons. The standard InChI is InChI=1S/C16H16N2O5/c1-22-14-7-10(19)8-15(23-2)12(14)9-17-18-16(21)11-5-3-4-6-13(11)20/h3-9,19-20H,1-2H3,(H,18,21)/b17-9+. The van der Waals surface area contributed by atoms with Gasteiger partial charge in [-0.05, 0) is 12.1 Å². The maximum Gasteiger partial charge on any atom is 0.275 e. The van der Waals surface area contributed by atoms with E-state index >= 15 is 0 Å². The van der Waals surface area contributed by atoms with Crippen molar-refractivity contribution in [1.82, 2.24) is 5.43 Å². The van der Waals surface area contributed by atoms with E-state index in [1.807, 2.05) is 0 Å². The molecule has 0 bridgehead atoms. The maximum absolute atomic E-state index is 11.9. The predicted molar refractivity (Wildman–Crippen MR) is 84.4 cm³/mol. The number of amides is 1. The second kappa shape index (κ2) is 7.17. The van der Waals surface area contributed by atoms with Crippen LogP contribution in [-0.2, 0) is 0 Å². The molecule has 7 nitrogen and oxygen atoms in total. The summed E-state index contributed by atoms with van der Waals surface area (Å²) in [6.45, 7) is 0. The number of carbonyl (C=O) groups is 1. The van der Waals surface area contributed by atoms with E-state index < -0.39 is 5.91 Å². The quantitative estimate of drug-likeness (QED) is 0.577. The number of hydrazone groups is 1. The van der Waals surface area contributed by atoms with Crippen LogP contribution in [0.2, 0.25) is 0 Å². The van der Waals surface area contributed by atoms with E-state index in [0.29, 0.717) is 17.1 Å². The zero-order valence-electron chi connectivity index (χ0n) is 12.6. The monoisotopic (exact) mass is 316 g/mol. The minimum absolute atomic E-state index is 0.0194. The van der Waals surface area contributed by atoms with Gasteiger partial charge in [0, 0.05) is 12.1 Å². The van der Waals surface area contributed by atoms with E-state index in [0.717, 1.165) is 0 Å². The fourth-order valence-corrected chi connectivity index (χ4v) is 1.93. The van der Waals surface area contributed by atoms with Crippen LogP contribution < -0.4 is 14.9 Å². The van der Waals surface area contributed by atoms with Gasteiger partial charge in [-0.15, -0.1) is 0 Å². The van der Waals surface area contributed by atoms with Crippen LogP contribution in [0.5, 0.6) is 23.0 Å². The van der Waals surface area contributed by atoms with Crippen molar-refractivity contribution in [2.24, 2.45) is 5.10 Å². The van der Waals surface area contributed by atoms with Crippen LogP contribution in [-0.4, -0.2) is 36.6 Å². The number of rotatable bonds is 5. The number of para-hydroxylation sites is 1. The minimum atomic E-state index is -0.559. The Kier molecular flexibility index (Phi) is 5.03. The van der Waals surface area contributed by atoms with Crippen LogP contribution in [0.3, 0.4) is 0 Å². The molecule has 2 aromatic carbocycles. The number of methoxy groups -OCH3 is 2. The first kappa shape index (κ1) is 16.2. The van der Waals surface area contributed by atoms with Gasteiger partial charge in [0.25, 0.3) is 5.91 Å². The van der Waals surface area contributed by atoms with Crippen molar-refractivity contribution in [3.63, 3.8) is 0 Å². The lowest BCUT2D eigenvalue weighted by Crippen LogP contribution is -2.17. The number of aromatic hydroxyl groups is 2. The van der Waals surface area contributed by atoms with Crippen molar-refractivity contribution in [3.05, 3.63) is 47.5 Å². The largest absolute Gasteiger partial charge is 0.508 e. The molecular formula is C16H16N2O5. The van der Waals surface area contributed by atoms with Gasteiger partial charge in [0.15, 0.2) is 0 Å². The van der Waals surface area contributed by atoms with Crippen LogP contribution in [0.15, 0.2) is 41.5 Å². The molecule has 0 aliphatic carbocycles. The summed E-state index contributed by atoms with van der Waals surface area (Å²) in [5.74, 6) is -0.0463. The average Bonchev–Trinajstić information content (AvgIpc) is 2.55. The number of nitrogens with zero attached hydrogens (tertiary/aromatic N) is 1. The molecule has 7 heteroatoms. The van der Waals surface area contributed by atoms with Crippen molar-refractivity contribution in [2.75, 3.05) is 14.2 Å². The third kappa shape index (κ3) is 3.70. The molecule has 3 N–H and O–H groups in total. The first-order valence-electron chi connectivity index (χ1n) is 6.63. The van der Waals surface area contributed by atoms with Crippen LogP contribution in [0.1, 0.15) is 15.9 Å². The van der Waals surface area contributed by atoms with E-state index in [4.69, 9.17) is 9.47 Å². The van der Waals surface area contributed by atoms with Gasteiger partial charge in [-0.3, -0.25) is 4.79 Å². The molecule has 120 valence electrons. The molecule has 0 spiro atoms. The molecule has 0 aliphatic rings. The van der Waals surface area contributed by atoms with Crippen molar-refractivity contribution in [3.8, 4) is 23.0 Å². The van der Waals surface area contributed by atoms with E-state index in [1.165, 1.54) is 44.7 Å². The van der Waals surface area contributed by atoms with Crippen LogP contribution >= 0.6 is 0 Å². The maximum atomic E-state index is 11.9. The first-order valence-corrected chi connectivity index (χ1v) is 6.63. The van der Waals surface area contributed by atoms with Crippen molar-refractivity contribution in [1.29, 1.82) is 0 Å². The number of hydrogen-bond donors (Lipinski definition) is 3. The summed E-state index contributed by atoms with van der Waals surface area (Å²) in [6.07, 6.45) is 1.33. The van der Waals surface area contributed by atoms with Crippen LogP contribution in [0.25, 0.3) is 0 Å². The topological polar surface area (TPSA) is 100 Å². The number of phenols is 2. The molecule has 0 saturated carbocycles. The van der Waals surface area contributed by atoms with Gasteiger partial charge in [0.2, 0.25) is 0 Å². The van der Waals surface area contributed by atoms with Crippen LogP contribution in [0, 0.1) is 0 Å². The second-order valence-corrected chi connectivity index (χ2v) is 4.48. The lowest BCUT2D eigenvalue weighted by molar-refractivity contribution is 0.0952. The number of hydrogen-bond acceptors (Lipinski definition) is 6. The zero-order valence-corrected chi connectivity index (χ0v) is 12.6. The summed E-state index contributed by atoms with van der Waals surface area (Å²) in [7, 11) is 2.87. The molecule has 2 aromatic rings. The molecule has 1 amide bonds. The summed E-state index contributed by atoms with van der Waals surface area (Å²) in [4.78, 5) is 11.9.